The molecule has 0 saturated heterocycles. The first kappa shape index (κ1) is 17.1. The minimum atomic E-state index is -4.74. The number of rotatable bonds is 3. The lowest BCUT2D eigenvalue weighted by molar-refractivity contribution is -0.330. The first-order valence-corrected chi connectivity index (χ1v) is 6.73. The third-order valence-electron chi connectivity index (χ3n) is 3.17. The van der Waals surface area contributed by atoms with Gasteiger partial charge >= 0.3 is 12.5 Å². The number of aromatic nitrogens is 4. The highest BCUT2D eigenvalue weighted by molar-refractivity contribution is 5.60. The molecule has 25 heavy (non-hydrogen) atoms. The van der Waals surface area contributed by atoms with Crippen molar-refractivity contribution in [2.45, 2.75) is 19.1 Å². The number of nitrogens with zero attached hydrogens (tertiary/aromatic N) is 4. The van der Waals surface area contributed by atoms with Gasteiger partial charge in [-0.15, -0.1) is 23.4 Å². The molecule has 0 amide bonds. The molecule has 2 aromatic heterocycles. The molecule has 0 fully saturated rings. The number of ether oxygens (including phenoxy) is 1. The number of fused-ring (bicyclic) bond motifs is 1. The molecule has 132 valence electrons. The molecule has 11 heteroatoms. The monoisotopic (exact) mass is 362 g/mol. The molecule has 0 bridgehead atoms. The Balaban J connectivity index is 1.89. The fourth-order valence-electron chi connectivity index (χ4n) is 2.06. The lowest BCUT2D eigenvalue weighted by atomic mass is 10.1. The van der Waals surface area contributed by atoms with Crippen LogP contribution in [0.2, 0.25) is 0 Å². The average Bonchev–Trinajstić information content (AvgIpc) is 2.96. The highest BCUT2D eigenvalue weighted by Gasteiger charge is 2.37. The predicted molar refractivity (Wildman–Crippen MR) is 72.1 cm³/mol. The van der Waals surface area contributed by atoms with Gasteiger partial charge in [-0.05, 0) is 17.7 Å². The van der Waals surface area contributed by atoms with Crippen molar-refractivity contribution in [2.75, 3.05) is 0 Å². The van der Waals surface area contributed by atoms with Crippen LogP contribution in [-0.2, 0) is 17.5 Å². The molecule has 0 unspecified atom stereocenters. The third kappa shape index (κ3) is 3.87. The minimum Gasteiger partial charge on any atom is -0.287 e. The Hall–Kier alpha value is -2.69. The molecular formula is C14H8F6N4O. The van der Waals surface area contributed by atoms with Gasteiger partial charge in [0, 0.05) is 5.56 Å². The summed E-state index contributed by atoms with van der Waals surface area (Å²) >= 11 is 0. The van der Waals surface area contributed by atoms with Crippen LogP contribution in [0, 0.1) is 0 Å². The van der Waals surface area contributed by atoms with Gasteiger partial charge in [0.1, 0.15) is 0 Å². The van der Waals surface area contributed by atoms with Gasteiger partial charge in [0.15, 0.2) is 5.65 Å². The van der Waals surface area contributed by atoms with E-state index in [4.69, 9.17) is 0 Å². The van der Waals surface area contributed by atoms with Crippen LogP contribution in [0.15, 0.2) is 36.4 Å². The van der Waals surface area contributed by atoms with E-state index in [1.807, 2.05) is 0 Å². The number of hydrogen-bond donors (Lipinski definition) is 0. The Bertz CT molecular complexity index is 885. The average molecular weight is 362 g/mol. The van der Waals surface area contributed by atoms with Crippen molar-refractivity contribution in [3.63, 3.8) is 0 Å². The molecule has 0 saturated carbocycles. The molecule has 5 nitrogen and oxygen atoms in total. The van der Waals surface area contributed by atoms with Crippen LogP contribution < -0.4 is 0 Å². The Labute approximate surface area is 135 Å². The lowest BCUT2D eigenvalue weighted by Crippen LogP contribution is -2.13. The SMILES string of the molecule is FC(F)(F)OCc1ccc(-c2ccc3nnc(C(F)(F)F)n3n2)cc1. The summed E-state index contributed by atoms with van der Waals surface area (Å²) in [6, 6.07) is 8.34. The van der Waals surface area contributed by atoms with Crippen molar-refractivity contribution in [1.29, 1.82) is 0 Å². The fraction of sp³-hybridized carbons (Fsp3) is 0.214. The summed E-state index contributed by atoms with van der Waals surface area (Å²) in [5, 5.41) is 10.3. The third-order valence-corrected chi connectivity index (χ3v) is 3.17. The molecule has 0 aliphatic rings. The second-order valence-corrected chi connectivity index (χ2v) is 4.94. The van der Waals surface area contributed by atoms with Gasteiger partial charge in [-0.3, -0.25) is 4.74 Å². The molecule has 0 spiro atoms. The topological polar surface area (TPSA) is 52.3 Å². The van der Waals surface area contributed by atoms with Gasteiger partial charge in [-0.2, -0.15) is 22.8 Å². The molecule has 0 N–H and O–H groups in total. The van der Waals surface area contributed by atoms with Gasteiger partial charge in [0.25, 0.3) is 5.82 Å². The summed E-state index contributed by atoms with van der Waals surface area (Å²) < 4.78 is 78.8. The van der Waals surface area contributed by atoms with E-state index in [0.29, 0.717) is 10.1 Å². The van der Waals surface area contributed by atoms with Crippen LogP contribution >= 0.6 is 0 Å². The first-order chi connectivity index (χ1) is 11.6. The van der Waals surface area contributed by atoms with Crippen molar-refractivity contribution < 1.29 is 31.1 Å². The number of halogens is 6. The molecule has 3 rings (SSSR count). The van der Waals surface area contributed by atoms with Crippen LogP contribution in [-0.4, -0.2) is 26.2 Å². The quantitative estimate of drug-likeness (QED) is 0.665. The Morgan fingerprint density at radius 3 is 2.16 bits per heavy atom. The molecule has 0 atom stereocenters. The van der Waals surface area contributed by atoms with E-state index in [1.54, 1.807) is 0 Å². The molecule has 3 aromatic rings. The Kier molecular flexibility index (Phi) is 4.11. The van der Waals surface area contributed by atoms with E-state index in [0.717, 1.165) is 0 Å². The van der Waals surface area contributed by atoms with Crippen molar-refractivity contribution in [1.82, 2.24) is 19.8 Å². The van der Waals surface area contributed by atoms with Gasteiger partial charge in [0.2, 0.25) is 0 Å². The van der Waals surface area contributed by atoms with Crippen molar-refractivity contribution in [2.24, 2.45) is 0 Å². The second-order valence-electron chi connectivity index (χ2n) is 4.94. The van der Waals surface area contributed by atoms with E-state index in [1.165, 1.54) is 36.4 Å². The van der Waals surface area contributed by atoms with Crippen molar-refractivity contribution >= 4 is 5.65 Å². The summed E-state index contributed by atoms with van der Waals surface area (Å²) in [7, 11) is 0. The maximum atomic E-state index is 12.9. The largest absolute Gasteiger partial charge is 0.522 e. The number of alkyl halides is 6. The van der Waals surface area contributed by atoms with Crippen LogP contribution in [0.1, 0.15) is 11.4 Å². The molecular weight excluding hydrogens is 354 g/mol. The molecule has 0 aliphatic carbocycles. The summed E-state index contributed by atoms with van der Waals surface area (Å²) in [5.74, 6) is -1.26. The zero-order valence-corrected chi connectivity index (χ0v) is 12.1. The Morgan fingerprint density at radius 2 is 1.56 bits per heavy atom. The summed E-state index contributed by atoms with van der Waals surface area (Å²) in [5.41, 5.74) is 0.772. The maximum Gasteiger partial charge on any atom is 0.522 e. The zero-order chi connectivity index (χ0) is 18.2. The van der Waals surface area contributed by atoms with E-state index in [-0.39, 0.29) is 16.9 Å². The summed E-state index contributed by atoms with van der Waals surface area (Å²) in [6.45, 7) is -0.667. The summed E-state index contributed by atoms with van der Waals surface area (Å²) in [4.78, 5) is 0. The number of hydrogen-bond acceptors (Lipinski definition) is 4. The second kappa shape index (κ2) is 5.99. The highest BCUT2D eigenvalue weighted by atomic mass is 19.4. The van der Waals surface area contributed by atoms with Crippen LogP contribution in [0.4, 0.5) is 26.3 Å². The van der Waals surface area contributed by atoms with E-state index in [2.05, 4.69) is 20.0 Å². The maximum absolute atomic E-state index is 12.9. The smallest absolute Gasteiger partial charge is 0.287 e. The van der Waals surface area contributed by atoms with Gasteiger partial charge in [-0.25, -0.2) is 0 Å². The summed E-state index contributed by atoms with van der Waals surface area (Å²) in [6.07, 6.45) is -9.46. The zero-order valence-electron chi connectivity index (χ0n) is 12.1. The first-order valence-electron chi connectivity index (χ1n) is 6.73. The Morgan fingerprint density at radius 1 is 0.880 bits per heavy atom. The lowest BCUT2D eigenvalue weighted by Gasteiger charge is -2.08. The molecule has 1 aromatic carbocycles. The molecule has 2 heterocycles. The highest BCUT2D eigenvalue weighted by Crippen LogP contribution is 2.28. The van der Waals surface area contributed by atoms with Crippen LogP contribution in [0.3, 0.4) is 0 Å². The van der Waals surface area contributed by atoms with E-state index in [9.17, 15) is 26.3 Å². The normalized spacial score (nSPS) is 12.7. The fourth-order valence-corrected chi connectivity index (χ4v) is 2.06. The van der Waals surface area contributed by atoms with Gasteiger partial charge in [0.05, 0.1) is 12.3 Å². The molecule has 0 radical (unpaired) electrons. The number of benzene rings is 1. The predicted octanol–water partition coefficient (Wildman–Crippen LogP) is 3.85. The van der Waals surface area contributed by atoms with Crippen LogP contribution in [0.5, 0.6) is 0 Å². The standard InChI is InChI=1S/C14H8F6N4O/c15-13(16,17)12-22-21-11-6-5-10(23-24(11)12)9-3-1-8(2-4-9)7-25-14(18,19)20/h1-6H,7H2. The van der Waals surface area contributed by atoms with Gasteiger partial charge < -0.3 is 0 Å². The van der Waals surface area contributed by atoms with Crippen molar-refractivity contribution in [3.05, 3.63) is 47.8 Å². The van der Waals surface area contributed by atoms with Crippen molar-refractivity contribution in [3.8, 4) is 11.3 Å². The van der Waals surface area contributed by atoms with E-state index < -0.39 is 25.0 Å². The van der Waals surface area contributed by atoms with E-state index >= 15 is 0 Å². The van der Waals surface area contributed by atoms with Crippen LogP contribution in [0.25, 0.3) is 16.9 Å². The molecule has 0 aliphatic heterocycles. The minimum absolute atomic E-state index is 0.0775. The van der Waals surface area contributed by atoms with Gasteiger partial charge in [-0.1, -0.05) is 24.3 Å².